The van der Waals surface area contributed by atoms with Crippen LogP contribution in [0, 0.1) is 6.92 Å². The number of H-pyrrole nitrogens is 1. The molecule has 0 unspecified atom stereocenters. The molecule has 0 aliphatic rings. The second kappa shape index (κ2) is 4.58. The molecule has 1 heterocycles. The van der Waals surface area contributed by atoms with Gasteiger partial charge >= 0.3 is 0 Å². The number of aromatic hydroxyl groups is 1. The predicted octanol–water partition coefficient (Wildman–Crippen LogP) is 2.44. The fourth-order valence-electron chi connectivity index (χ4n) is 1.31. The van der Waals surface area contributed by atoms with E-state index in [0.717, 1.165) is 5.56 Å². The number of halogens is 1. The largest absolute Gasteiger partial charge is 0.507 e. The first-order valence-corrected chi connectivity index (χ1v) is 5.67. The Kier molecular flexibility index (Phi) is 3.14. The lowest BCUT2D eigenvalue weighted by Gasteiger charge is -2.05. The molecule has 0 aliphatic heterocycles. The molecule has 0 saturated heterocycles. The van der Waals surface area contributed by atoms with Crippen LogP contribution in [0.4, 0.5) is 5.82 Å². The summed E-state index contributed by atoms with van der Waals surface area (Å²) in [6.45, 7) is 1.83. The zero-order valence-corrected chi connectivity index (χ0v) is 10.6. The number of benzene rings is 1. The van der Waals surface area contributed by atoms with Gasteiger partial charge in [0.2, 0.25) is 0 Å². The molecule has 2 rings (SSSR count). The van der Waals surface area contributed by atoms with Crippen LogP contribution in [-0.2, 0) is 0 Å². The molecule has 1 aromatic carbocycles. The van der Waals surface area contributed by atoms with E-state index in [1.165, 1.54) is 6.07 Å². The Hall–Kier alpha value is -1.82. The number of rotatable bonds is 2. The lowest BCUT2D eigenvalue weighted by atomic mass is 10.2. The van der Waals surface area contributed by atoms with Gasteiger partial charge in [-0.25, -0.2) is 0 Å². The van der Waals surface area contributed by atoms with Gasteiger partial charge in [0.15, 0.2) is 0 Å². The summed E-state index contributed by atoms with van der Waals surface area (Å²) in [5, 5.41) is 18.6. The Morgan fingerprint density at radius 1 is 1.53 bits per heavy atom. The highest BCUT2D eigenvalue weighted by molar-refractivity contribution is 9.10. The van der Waals surface area contributed by atoms with Gasteiger partial charge in [0, 0.05) is 11.1 Å². The van der Waals surface area contributed by atoms with Crippen molar-refractivity contribution in [3.8, 4) is 5.75 Å². The van der Waals surface area contributed by atoms with Gasteiger partial charge in [0.1, 0.15) is 11.6 Å². The summed E-state index contributed by atoms with van der Waals surface area (Å²) in [4.78, 5) is 11.8. The fraction of sp³-hybridized carbons (Fsp3) is 0.0909. The number of nitrogens with one attached hydrogen (secondary N) is 2. The fourth-order valence-corrected chi connectivity index (χ4v) is 1.56. The number of nitrogens with zero attached hydrogens (tertiary/aromatic N) is 1. The zero-order valence-electron chi connectivity index (χ0n) is 8.99. The van der Waals surface area contributed by atoms with Crippen LogP contribution in [0.15, 0.2) is 28.9 Å². The minimum absolute atomic E-state index is 0.0268. The first kappa shape index (κ1) is 11.7. The molecule has 17 heavy (non-hydrogen) atoms. The molecular weight excluding hydrogens is 286 g/mol. The van der Waals surface area contributed by atoms with Crippen LogP contribution in [0.1, 0.15) is 15.9 Å². The number of phenolic OH excluding ortho intramolecular Hbond substituents is 1. The summed E-state index contributed by atoms with van der Waals surface area (Å²) >= 11 is 3.15. The number of carbonyl (C=O) groups excluding carboxylic acids is 1. The van der Waals surface area contributed by atoms with Crippen molar-refractivity contribution in [3.63, 3.8) is 0 Å². The van der Waals surface area contributed by atoms with Crippen molar-refractivity contribution >= 4 is 27.7 Å². The van der Waals surface area contributed by atoms with E-state index in [0.29, 0.717) is 15.9 Å². The summed E-state index contributed by atoms with van der Waals surface area (Å²) in [5.41, 5.74) is 1.22. The van der Waals surface area contributed by atoms with Crippen LogP contribution < -0.4 is 5.32 Å². The molecular formula is C11H10BrN3O2. The maximum atomic E-state index is 11.8. The van der Waals surface area contributed by atoms with Gasteiger partial charge in [-0.2, -0.15) is 5.10 Å². The number of anilines is 1. The highest BCUT2D eigenvalue weighted by Gasteiger charge is 2.10. The third kappa shape index (κ3) is 2.47. The van der Waals surface area contributed by atoms with E-state index >= 15 is 0 Å². The standard InChI is InChI=1S/C11H10BrN3O2/c1-6-5-13-15-10(6)14-11(17)7-2-3-8(12)9(16)4-7/h2-5,16H,1H3,(H2,13,14,15,17). The Morgan fingerprint density at radius 2 is 2.29 bits per heavy atom. The summed E-state index contributed by atoms with van der Waals surface area (Å²) < 4.78 is 0.548. The molecule has 1 aromatic heterocycles. The summed E-state index contributed by atoms with van der Waals surface area (Å²) in [5.74, 6) is 0.275. The van der Waals surface area contributed by atoms with Crippen LogP contribution >= 0.6 is 15.9 Å². The number of hydrogen-bond acceptors (Lipinski definition) is 3. The van der Waals surface area contributed by atoms with Gasteiger partial charge in [-0.05, 0) is 41.1 Å². The summed E-state index contributed by atoms with van der Waals surface area (Å²) in [6, 6.07) is 4.63. The minimum Gasteiger partial charge on any atom is -0.507 e. The molecule has 0 saturated carbocycles. The van der Waals surface area contributed by atoms with E-state index in [4.69, 9.17) is 0 Å². The van der Waals surface area contributed by atoms with E-state index in [9.17, 15) is 9.90 Å². The highest BCUT2D eigenvalue weighted by Crippen LogP contribution is 2.24. The molecule has 5 nitrogen and oxygen atoms in total. The van der Waals surface area contributed by atoms with E-state index in [-0.39, 0.29) is 11.7 Å². The van der Waals surface area contributed by atoms with Crippen molar-refractivity contribution in [2.24, 2.45) is 0 Å². The van der Waals surface area contributed by atoms with Gasteiger partial charge in [-0.1, -0.05) is 0 Å². The molecule has 88 valence electrons. The van der Waals surface area contributed by atoms with E-state index in [1.807, 2.05) is 6.92 Å². The number of aryl methyl sites for hydroxylation is 1. The third-order valence-electron chi connectivity index (χ3n) is 2.28. The smallest absolute Gasteiger partial charge is 0.256 e. The van der Waals surface area contributed by atoms with Crippen molar-refractivity contribution in [3.05, 3.63) is 40.0 Å². The van der Waals surface area contributed by atoms with Crippen molar-refractivity contribution in [1.82, 2.24) is 10.2 Å². The quantitative estimate of drug-likeness (QED) is 0.796. The monoisotopic (exact) mass is 295 g/mol. The zero-order chi connectivity index (χ0) is 12.4. The van der Waals surface area contributed by atoms with Crippen LogP contribution in [-0.4, -0.2) is 21.2 Å². The number of aromatic nitrogens is 2. The number of phenols is 1. The molecule has 3 N–H and O–H groups in total. The molecule has 1 amide bonds. The average Bonchev–Trinajstić information content (AvgIpc) is 2.68. The second-order valence-electron chi connectivity index (χ2n) is 3.55. The van der Waals surface area contributed by atoms with Gasteiger partial charge < -0.3 is 10.4 Å². The maximum absolute atomic E-state index is 11.8. The molecule has 0 fully saturated rings. The topological polar surface area (TPSA) is 78.0 Å². The van der Waals surface area contributed by atoms with Crippen LogP contribution in [0.3, 0.4) is 0 Å². The molecule has 6 heteroatoms. The molecule has 0 spiro atoms. The number of amides is 1. The van der Waals surface area contributed by atoms with Crippen molar-refractivity contribution < 1.29 is 9.90 Å². The molecule has 0 atom stereocenters. The van der Waals surface area contributed by atoms with E-state index in [2.05, 4.69) is 31.4 Å². The lowest BCUT2D eigenvalue weighted by Crippen LogP contribution is -2.12. The highest BCUT2D eigenvalue weighted by atomic mass is 79.9. The van der Waals surface area contributed by atoms with Gasteiger partial charge in [-0.3, -0.25) is 9.89 Å². The van der Waals surface area contributed by atoms with Gasteiger partial charge in [-0.15, -0.1) is 0 Å². The molecule has 2 aromatic rings. The Morgan fingerprint density at radius 3 is 2.88 bits per heavy atom. The first-order valence-electron chi connectivity index (χ1n) is 4.88. The SMILES string of the molecule is Cc1cn[nH]c1NC(=O)c1ccc(Br)c(O)c1. The number of carbonyl (C=O) groups is 1. The van der Waals surface area contributed by atoms with Crippen molar-refractivity contribution in [1.29, 1.82) is 0 Å². The van der Waals surface area contributed by atoms with Crippen molar-refractivity contribution in [2.75, 3.05) is 5.32 Å². The van der Waals surface area contributed by atoms with Crippen LogP contribution in [0.25, 0.3) is 0 Å². The Labute approximate surface area is 106 Å². The third-order valence-corrected chi connectivity index (χ3v) is 2.95. The Balaban J connectivity index is 2.20. The van der Waals surface area contributed by atoms with E-state index < -0.39 is 0 Å². The van der Waals surface area contributed by atoms with Crippen LogP contribution in [0.2, 0.25) is 0 Å². The molecule has 0 aliphatic carbocycles. The van der Waals surface area contributed by atoms with Crippen LogP contribution in [0.5, 0.6) is 5.75 Å². The minimum atomic E-state index is -0.305. The first-order chi connectivity index (χ1) is 8.08. The number of hydrogen-bond donors (Lipinski definition) is 3. The Bertz CT molecular complexity index is 566. The van der Waals surface area contributed by atoms with Gasteiger partial charge in [0.05, 0.1) is 10.7 Å². The molecule has 0 bridgehead atoms. The van der Waals surface area contributed by atoms with Gasteiger partial charge in [0.25, 0.3) is 5.91 Å². The average molecular weight is 296 g/mol. The number of aromatic amines is 1. The second-order valence-corrected chi connectivity index (χ2v) is 4.40. The maximum Gasteiger partial charge on any atom is 0.256 e. The van der Waals surface area contributed by atoms with Crippen molar-refractivity contribution in [2.45, 2.75) is 6.92 Å². The van der Waals surface area contributed by atoms with E-state index in [1.54, 1.807) is 18.3 Å². The summed E-state index contributed by atoms with van der Waals surface area (Å²) in [7, 11) is 0. The normalized spacial score (nSPS) is 10.2. The molecule has 0 radical (unpaired) electrons. The predicted molar refractivity (Wildman–Crippen MR) is 67.1 cm³/mol. The summed E-state index contributed by atoms with van der Waals surface area (Å²) in [6.07, 6.45) is 1.62. The lowest BCUT2D eigenvalue weighted by molar-refractivity contribution is 0.102.